The fraction of sp³-hybridized carbons (Fsp3) is 0.0625. The van der Waals surface area contributed by atoms with E-state index in [9.17, 15) is 10.0 Å². The number of hydrogen-bond donors (Lipinski definition) is 1. The summed E-state index contributed by atoms with van der Waals surface area (Å²) in [6, 6.07) is 10.3. The molecule has 24 heavy (non-hydrogen) atoms. The molecule has 0 atom stereocenters. The van der Waals surface area contributed by atoms with Crippen molar-refractivity contribution in [2.24, 2.45) is 0 Å². The molecule has 8 heteroatoms. The minimum atomic E-state index is -0.362. The molecule has 0 saturated heterocycles. The number of nitrogens with one attached hydrogen (secondary N) is 1. The first kappa shape index (κ1) is 16.7. The summed E-state index contributed by atoms with van der Waals surface area (Å²) in [6.07, 6.45) is 1.38. The highest BCUT2D eigenvalue weighted by atomic mass is 35.5. The molecule has 0 aliphatic rings. The van der Waals surface area contributed by atoms with Gasteiger partial charge in [-0.3, -0.25) is 4.79 Å². The van der Waals surface area contributed by atoms with Gasteiger partial charge < -0.3 is 10.5 Å². The molecule has 3 rings (SSSR count). The van der Waals surface area contributed by atoms with Crippen LogP contribution >= 0.6 is 34.5 Å². The Bertz CT molecular complexity index is 899. The van der Waals surface area contributed by atoms with Crippen LogP contribution in [0, 0.1) is 5.21 Å². The van der Waals surface area contributed by atoms with Crippen molar-refractivity contribution in [2.45, 2.75) is 6.54 Å². The highest BCUT2D eigenvalue weighted by molar-refractivity contribution is 7.13. The van der Waals surface area contributed by atoms with Gasteiger partial charge in [0, 0.05) is 23.1 Å². The van der Waals surface area contributed by atoms with Gasteiger partial charge in [0.05, 0.1) is 10.0 Å². The average Bonchev–Trinajstić information content (AvgIpc) is 3.06. The van der Waals surface area contributed by atoms with Gasteiger partial charge in [-0.25, -0.2) is 4.98 Å². The van der Waals surface area contributed by atoms with E-state index in [1.807, 2.05) is 0 Å². The van der Waals surface area contributed by atoms with Crippen LogP contribution in [-0.4, -0.2) is 10.9 Å². The molecule has 0 radical (unpaired) electrons. The molecule has 0 aliphatic heterocycles. The SMILES string of the molecule is O=C(NCc1cccc[n+]1[O-])c1csc(-c2cccc(Cl)c2Cl)n1. The van der Waals surface area contributed by atoms with Crippen molar-refractivity contribution in [1.82, 2.24) is 10.3 Å². The number of nitrogens with zero attached hydrogens (tertiary/aromatic N) is 2. The van der Waals surface area contributed by atoms with Crippen molar-refractivity contribution >= 4 is 40.4 Å². The van der Waals surface area contributed by atoms with E-state index in [2.05, 4.69) is 10.3 Å². The molecule has 2 heterocycles. The van der Waals surface area contributed by atoms with E-state index in [0.29, 0.717) is 31.0 Å². The van der Waals surface area contributed by atoms with Crippen molar-refractivity contribution in [3.8, 4) is 10.6 Å². The van der Waals surface area contributed by atoms with Crippen molar-refractivity contribution in [3.63, 3.8) is 0 Å². The normalized spacial score (nSPS) is 10.6. The van der Waals surface area contributed by atoms with Gasteiger partial charge in [0.15, 0.2) is 6.20 Å². The molecule has 0 bridgehead atoms. The van der Waals surface area contributed by atoms with Gasteiger partial charge in [-0.05, 0) is 12.1 Å². The van der Waals surface area contributed by atoms with Crippen LogP contribution in [0.15, 0.2) is 48.0 Å². The first-order chi connectivity index (χ1) is 11.6. The predicted octanol–water partition coefficient (Wildman–Crippen LogP) is 3.68. The zero-order valence-corrected chi connectivity index (χ0v) is 14.5. The van der Waals surface area contributed by atoms with Gasteiger partial charge in [0.2, 0.25) is 5.69 Å². The molecule has 1 N–H and O–H groups in total. The summed E-state index contributed by atoms with van der Waals surface area (Å²) in [6.45, 7) is 0.119. The Morgan fingerprint density at radius 2 is 2.08 bits per heavy atom. The van der Waals surface area contributed by atoms with E-state index in [0.717, 1.165) is 0 Å². The van der Waals surface area contributed by atoms with E-state index in [1.165, 1.54) is 17.5 Å². The number of halogens is 2. The largest absolute Gasteiger partial charge is 0.618 e. The fourth-order valence-corrected chi connectivity index (χ4v) is 3.31. The summed E-state index contributed by atoms with van der Waals surface area (Å²) < 4.78 is 0.707. The molecule has 5 nitrogen and oxygen atoms in total. The molecule has 0 unspecified atom stereocenters. The van der Waals surface area contributed by atoms with Crippen LogP contribution < -0.4 is 10.0 Å². The second kappa shape index (κ2) is 7.17. The summed E-state index contributed by atoms with van der Waals surface area (Å²) in [4.78, 5) is 16.5. The lowest BCUT2D eigenvalue weighted by Crippen LogP contribution is -2.35. The Morgan fingerprint density at radius 3 is 2.88 bits per heavy atom. The summed E-state index contributed by atoms with van der Waals surface area (Å²) in [5, 5.41) is 17.3. The Hall–Kier alpha value is -2.15. The van der Waals surface area contributed by atoms with E-state index < -0.39 is 0 Å². The quantitative estimate of drug-likeness (QED) is 0.555. The van der Waals surface area contributed by atoms with Gasteiger partial charge in [-0.2, -0.15) is 4.73 Å². The Kier molecular flexibility index (Phi) is 4.99. The molecule has 0 saturated carbocycles. The molecule has 3 aromatic rings. The van der Waals surface area contributed by atoms with Gasteiger partial charge in [0.25, 0.3) is 5.91 Å². The summed E-state index contributed by atoms with van der Waals surface area (Å²) in [7, 11) is 0. The highest BCUT2D eigenvalue weighted by Crippen LogP contribution is 2.34. The van der Waals surface area contributed by atoms with E-state index in [-0.39, 0.29) is 18.1 Å². The number of carbonyl (C=O) groups excluding carboxylic acids is 1. The molecular formula is C16H11Cl2N3O2S. The fourth-order valence-electron chi connectivity index (χ4n) is 2.03. The molecular weight excluding hydrogens is 369 g/mol. The molecule has 122 valence electrons. The van der Waals surface area contributed by atoms with E-state index in [4.69, 9.17) is 23.2 Å². The summed E-state index contributed by atoms with van der Waals surface area (Å²) in [5.74, 6) is -0.362. The minimum absolute atomic E-state index is 0.119. The monoisotopic (exact) mass is 379 g/mol. The van der Waals surface area contributed by atoms with Crippen LogP contribution in [0.5, 0.6) is 0 Å². The van der Waals surface area contributed by atoms with Crippen LogP contribution in [0.25, 0.3) is 10.6 Å². The van der Waals surface area contributed by atoms with Crippen molar-refractivity contribution in [2.75, 3.05) is 0 Å². The van der Waals surface area contributed by atoms with E-state index in [1.54, 1.807) is 41.8 Å². The average molecular weight is 380 g/mol. The standard InChI is InChI=1S/C16H11Cl2N3O2S/c17-12-6-3-5-11(14(12)18)16-20-13(9-24-16)15(22)19-8-10-4-1-2-7-21(10)23/h1-7,9H,8H2,(H,19,22). The second-order valence-corrected chi connectivity index (χ2v) is 6.48. The third-order valence-corrected chi connectivity index (χ3v) is 4.95. The molecule has 2 aromatic heterocycles. The summed E-state index contributed by atoms with van der Waals surface area (Å²) >= 11 is 13.5. The number of rotatable bonds is 4. The molecule has 0 fully saturated rings. The second-order valence-electron chi connectivity index (χ2n) is 4.84. The smallest absolute Gasteiger partial charge is 0.271 e. The number of thiazole rings is 1. The third kappa shape index (κ3) is 3.51. The zero-order chi connectivity index (χ0) is 17.1. The lowest BCUT2D eigenvalue weighted by Gasteiger charge is -2.04. The van der Waals surface area contributed by atoms with Gasteiger partial charge in [-0.1, -0.05) is 35.3 Å². The Labute approximate surface area is 152 Å². The maximum atomic E-state index is 12.2. The predicted molar refractivity (Wildman–Crippen MR) is 94.1 cm³/mol. The number of aromatic nitrogens is 2. The lowest BCUT2D eigenvalue weighted by atomic mass is 10.2. The van der Waals surface area contributed by atoms with Crippen LogP contribution in [0.1, 0.15) is 16.2 Å². The molecule has 1 amide bonds. The van der Waals surface area contributed by atoms with Crippen molar-refractivity contribution in [1.29, 1.82) is 0 Å². The maximum Gasteiger partial charge on any atom is 0.271 e. The number of benzene rings is 1. The first-order valence-corrected chi connectivity index (χ1v) is 8.55. The molecule has 0 spiro atoms. The minimum Gasteiger partial charge on any atom is -0.618 e. The third-order valence-electron chi connectivity index (χ3n) is 3.25. The number of amides is 1. The van der Waals surface area contributed by atoms with Crippen LogP contribution in [0.2, 0.25) is 10.0 Å². The zero-order valence-electron chi connectivity index (χ0n) is 12.2. The van der Waals surface area contributed by atoms with Gasteiger partial charge in [-0.15, -0.1) is 11.3 Å². The van der Waals surface area contributed by atoms with Crippen LogP contribution in [0.4, 0.5) is 0 Å². The topological polar surface area (TPSA) is 68.9 Å². The molecule has 0 aliphatic carbocycles. The Morgan fingerprint density at radius 1 is 1.25 bits per heavy atom. The van der Waals surface area contributed by atoms with Crippen LogP contribution in [-0.2, 0) is 6.54 Å². The first-order valence-electron chi connectivity index (χ1n) is 6.91. The number of pyridine rings is 1. The maximum absolute atomic E-state index is 12.2. The number of carbonyl (C=O) groups is 1. The molecule has 1 aromatic carbocycles. The number of hydrogen-bond acceptors (Lipinski definition) is 4. The summed E-state index contributed by atoms with van der Waals surface area (Å²) in [5.41, 5.74) is 1.38. The van der Waals surface area contributed by atoms with Gasteiger partial charge in [0.1, 0.15) is 17.2 Å². The Balaban J connectivity index is 1.74. The van der Waals surface area contributed by atoms with Crippen molar-refractivity contribution < 1.29 is 9.52 Å². The van der Waals surface area contributed by atoms with Gasteiger partial charge >= 0.3 is 0 Å². The van der Waals surface area contributed by atoms with Crippen LogP contribution in [0.3, 0.4) is 0 Å². The highest BCUT2D eigenvalue weighted by Gasteiger charge is 2.15. The van der Waals surface area contributed by atoms with Crippen molar-refractivity contribution in [3.05, 3.63) is 74.6 Å². The van der Waals surface area contributed by atoms with E-state index >= 15 is 0 Å². The lowest BCUT2D eigenvalue weighted by molar-refractivity contribution is -0.614.